The highest BCUT2D eigenvalue weighted by atomic mass is 79.9. The van der Waals surface area contributed by atoms with Crippen molar-refractivity contribution < 1.29 is 14.3 Å². The predicted octanol–water partition coefficient (Wildman–Crippen LogP) is 2.86. The molecule has 3 aliphatic rings. The van der Waals surface area contributed by atoms with Gasteiger partial charge in [0.25, 0.3) is 11.8 Å². The second-order valence-corrected chi connectivity index (χ2v) is 7.56. The summed E-state index contributed by atoms with van der Waals surface area (Å²) >= 11 is 3.46. The molecule has 1 atom stereocenters. The highest BCUT2D eigenvalue weighted by Gasteiger charge is 2.47. The van der Waals surface area contributed by atoms with Gasteiger partial charge in [0.15, 0.2) is 0 Å². The van der Waals surface area contributed by atoms with Crippen LogP contribution in [0.4, 0.5) is 0 Å². The second kappa shape index (κ2) is 5.41. The summed E-state index contributed by atoms with van der Waals surface area (Å²) in [7, 11) is 0. The lowest BCUT2D eigenvalue weighted by Gasteiger charge is -2.45. The first-order valence-corrected chi connectivity index (χ1v) is 9.06. The number of imide groups is 1. The lowest BCUT2D eigenvalue weighted by Crippen LogP contribution is -2.61. The van der Waals surface area contributed by atoms with E-state index in [0.717, 1.165) is 10.2 Å². The average molecular weight is 399 g/mol. The van der Waals surface area contributed by atoms with E-state index in [1.54, 1.807) is 24.3 Å². The van der Waals surface area contributed by atoms with Gasteiger partial charge in [-0.15, -0.1) is 0 Å². The Hall–Kier alpha value is -2.18. The molecule has 5 nitrogen and oxygen atoms in total. The molecule has 1 saturated heterocycles. The zero-order chi connectivity index (χ0) is 17.1. The molecule has 0 aromatic heterocycles. The Bertz CT molecular complexity index is 872. The molecule has 2 aromatic rings. The number of hydrogen-bond acceptors (Lipinski definition) is 4. The number of halogens is 1. The Labute approximate surface area is 153 Å². The van der Waals surface area contributed by atoms with Crippen molar-refractivity contribution in [2.45, 2.75) is 12.1 Å². The second-order valence-electron chi connectivity index (χ2n) is 6.64. The van der Waals surface area contributed by atoms with Crippen molar-refractivity contribution in [1.29, 1.82) is 0 Å². The van der Waals surface area contributed by atoms with Crippen molar-refractivity contribution in [2.75, 3.05) is 19.7 Å². The first-order chi connectivity index (χ1) is 12.1. The number of rotatable bonds is 2. The minimum Gasteiger partial charge on any atom is -0.491 e. The van der Waals surface area contributed by atoms with Gasteiger partial charge in [0.2, 0.25) is 0 Å². The fourth-order valence-corrected chi connectivity index (χ4v) is 4.25. The summed E-state index contributed by atoms with van der Waals surface area (Å²) in [6.45, 7) is 1.99. The molecular weight excluding hydrogens is 384 g/mol. The highest BCUT2D eigenvalue weighted by Crippen LogP contribution is 2.40. The fraction of sp³-hybridized carbons (Fsp3) is 0.263. The summed E-state index contributed by atoms with van der Waals surface area (Å²) in [4.78, 5) is 28.8. The van der Waals surface area contributed by atoms with E-state index >= 15 is 0 Å². The number of carbonyl (C=O) groups is 2. The van der Waals surface area contributed by atoms with Crippen molar-refractivity contribution in [2.24, 2.45) is 0 Å². The first kappa shape index (κ1) is 15.1. The lowest BCUT2D eigenvalue weighted by atomic mass is 9.99. The third-order valence-electron chi connectivity index (χ3n) is 5.25. The minimum atomic E-state index is -0.169. The summed E-state index contributed by atoms with van der Waals surface area (Å²) in [6, 6.07) is 13.2. The number of fused-ring (bicyclic) bond motifs is 2. The fourth-order valence-electron chi connectivity index (χ4n) is 3.91. The first-order valence-electron chi connectivity index (χ1n) is 8.26. The van der Waals surface area contributed by atoms with E-state index in [2.05, 4.69) is 26.9 Å². The van der Waals surface area contributed by atoms with E-state index in [0.29, 0.717) is 30.8 Å². The molecule has 0 bridgehead atoms. The van der Waals surface area contributed by atoms with Gasteiger partial charge in [-0.1, -0.05) is 34.1 Å². The maximum atomic E-state index is 12.6. The predicted molar refractivity (Wildman–Crippen MR) is 94.7 cm³/mol. The molecule has 3 heterocycles. The third kappa shape index (κ3) is 2.17. The Balaban J connectivity index is 1.33. The monoisotopic (exact) mass is 398 g/mol. The van der Waals surface area contributed by atoms with E-state index in [1.807, 2.05) is 12.1 Å². The summed E-state index contributed by atoms with van der Waals surface area (Å²) in [5, 5.41) is 0. The van der Waals surface area contributed by atoms with Crippen LogP contribution < -0.4 is 4.74 Å². The van der Waals surface area contributed by atoms with Crippen molar-refractivity contribution in [3.63, 3.8) is 0 Å². The van der Waals surface area contributed by atoms with E-state index in [-0.39, 0.29) is 23.9 Å². The van der Waals surface area contributed by atoms with Gasteiger partial charge in [0, 0.05) is 23.1 Å². The van der Waals surface area contributed by atoms with Crippen LogP contribution in [0.2, 0.25) is 0 Å². The molecule has 0 spiro atoms. The Kier molecular flexibility index (Phi) is 3.27. The number of hydrogen-bond donors (Lipinski definition) is 0. The van der Waals surface area contributed by atoms with Gasteiger partial charge in [-0.05, 0) is 24.3 Å². The quantitative estimate of drug-likeness (QED) is 0.729. The molecule has 0 N–H and O–H groups in total. The maximum absolute atomic E-state index is 12.6. The Morgan fingerprint density at radius 2 is 1.68 bits per heavy atom. The van der Waals surface area contributed by atoms with Crippen LogP contribution in [0.1, 0.15) is 32.3 Å². The molecule has 3 aliphatic heterocycles. The van der Waals surface area contributed by atoms with Gasteiger partial charge in [0.05, 0.1) is 23.2 Å². The summed E-state index contributed by atoms with van der Waals surface area (Å²) in [6.07, 6.45) is 0. The molecule has 2 amide bonds. The van der Waals surface area contributed by atoms with Crippen LogP contribution in [-0.4, -0.2) is 47.4 Å². The number of benzene rings is 2. The zero-order valence-corrected chi connectivity index (χ0v) is 14.9. The Morgan fingerprint density at radius 3 is 2.36 bits per heavy atom. The lowest BCUT2D eigenvalue weighted by molar-refractivity contribution is 0.00765. The zero-order valence-electron chi connectivity index (χ0n) is 13.3. The summed E-state index contributed by atoms with van der Waals surface area (Å²) < 4.78 is 6.78. The van der Waals surface area contributed by atoms with Gasteiger partial charge >= 0.3 is 0 Å². The van der Waals surface area contributed by atoms with E-state index < -0.39 is 0 Å². The number of amides is 2. The summed E-state index contributed by atoms with van der Waals surface area (Å²) in [5.74, 6) is 0.568. The van der Waals surface area contributed by atoms with Crippen molar-refractivity contribution in [3.05, 3.63) is 63.6 Å². The number of likely N-dealkylation sites (tertiary alicyclic amines) is 1. The van der Waals surface area contributed by atoms with Crippen LogP contribution in [0.25, 0.3) is 0 Å². The summed E-state index contributed by atoms with van der Waals surface area (Å²) in [5.41, 5.74) is 2.21. The smallest absolute Gasteiger partial charge is 0.261 e. The molecule has 1 fully saturated rings. The van der Waals surface area contributed by atoms with Crippen molar-refractivity contribution >= 4 is 27.7 Å². The van der Waals surface area contributed by atoms with Crippen LogP contribution in [0.5, 0.6) is 5.75 Å². The van der Waals surface area contributed by atoms with Crippen LogP contribution >= 0.6 is 15.9 Å². The molecule has 0 unspecified atom stereocenters. The normalized spacial score (nSPS) is 22.6. The van der Waals surface area contributed by atoms with Gasteiger partial charge in [0.1, 0.15) is 12.4 Å². The van der Waals surface area contributed by atoms with E-state index in [4.69, 9.17) is 4.74 Å². The van der Waals surface area contributed by atoms with Gasteiger partial charge in [-0.3, -0.25) is 19.4 Å². The number of carbonyl (C=O) groups excluding carboxylic acids is 2. The van der Waals surface area contributed by atoms with Crippen LogP contribution in [0.15, 0.2) is 46.9 Å². The molecule has 2 aromatic carbocycles. The molecule has 5 rings (SSSR count). The Morgan fingerprint density at radius 1 is 1.00 bits per heavy atom. The minimum absolute atomic E-state index is 0.0631. The van der Waals surface area contributed by atoms with Gasteiger partial charge in [-0.2, -0.15) is 0 Å². The molecular formula is C19H15BrN2O3. The van der Waals surface area contributed by atoms with Crippen molar-refractivity contribution in [1.82, 2.24) is 9.80 Å². The SMILES string of the molecule is O=C1c2ccccc2C(=O)N1C1CN([C@H]2COc3cc(Br)ccc32)C1. The molecule has 126 valence electrons. The van der Waals surface area contributed by atoms with E-state index in [9.17, 15) is 9.59 Å². The number of nitrogens with zero attached hydrogens (tertiary/aromatic N) is 2. The molecule has 6 heteroatoms. The molecule has 0 aliphatic carbocycles. The van der Waals surface area contributed by atoms with Crippen LogP contribution in [0, 0.1) is 0 Å². The maximum Gasteiger partial charge on any atom is 0.261 e. The molecule has 0 radical (unpaired) electrons. The molecule has 0 saturated carbocycles. The average Bonchev–Trinajstić information content (AvgIpc) is 3.08. The number of ether oxygens (including phenoxy) is 1. The molecule has 25 heavy (non-hydrogen) atoms. The van der Waals surface area contributed by atoms with Crippen molar-refractivity contribution in [3.8, 4) is 5.75 Å². The largest absolute Gasteiger partial charge is 0.491 e. The van der Waals surface area contributed by atoms with Crippen LogP contribution in [0.3, 0.4) is 0 Å². The highest BCUT2D eigenvalue weighted by molar-refractivity contribution is 9.10. The van der Waals surface area contributed by atoms with Crippen LogP contribution in [-0.2, 0) is 0 Å². The van der Waals surface area contributed by atoms with Gasteiger partial charge in [-0.25, -0.2) is 0 Å². The standard InChI is InChI=1S/C19H15BrN2O3/c20-11-5-6-15-16(10-25-17(15)7-11)21-8-12(9-21)22-18(23)13-3-1-2-4-14(13)19(22)24/h1-7,12,16H,8-10H2/t16-/m0/s1. The van der Waals surface area contributed by atoms with E-state index in [1.165, 1.54) is 10.5 Å². The topological polar surface area (TPSA) is 49.9 Å². The third-order valence-corrected chi connectivity index (χ3v) is 5.75. The van der Waals surface area contributed by atoms with Gasteiger partial charge < -0.3 is 4.74 Å².